The normalized spacial score (nSPS) is 11.0. The first-order chi connectivity index (χ1) is 17.1. The fourth-order valence-corrected chi connectivity index (χ4v) is 6.60. The molecule has 4 aromatic carbocycles. The Hall–Kier alpha value is -3.53. The van der Waals surface area contributed by atoms with E-state index >= 15 is 0 Å². The third-order valence-corrected chi connectivity index (χ3v) is 8.41. The SMILES string of the molecule is COc1cc(-c2nc(Cc3ccc(C)cc3)[se]c2-c2ccc3ccccc3c2)cc(OC)c1OC. The van der Waals surface area contributed by atoms with E-state index in [1.54, 1.807) is 21.3 Å². The van der Waals surface area contributed by atoms with Gasteiger partial charge in [-0.1, -0.05) is 0 Å². The van der Waals surface area contributed by atoms with Gasteiger partial charge < -0.3 is 0 Å². The van der Waals surface area contributed by atoms with E-state index in [1.165, 1.54) is 36.5 Å². The summed E-state index contributed by atoms with van der Waals surface area (Å²) in [5.74, 6) is 1.84. The van der Waals surface area contributed by atoms with Gasteiger partial charge in [-0.25, -0.2) is 0 Å². The Balaban J connectivity index is 1.67. The molecule has 4 nitrogen and oxygen atoms in total. The van der Waals surface area contributed by atoms with Gasteiger partial charge >= 0.3 is 212 Å². The topological polar surface area (TPSA) is 40.6 Å². The maximum atomic E-state index is 5.64. The molecule has 0 saturated carbocycles. The summed E-state index contributed by atoms with van der Waals surface area (Å²) in [5.41, 5.74) is 5.68. The Morgan fingerprint density at radius 2 is 1.40 bits per heavy atom. The number of rotatable bonds is 7. The number of fused-ring (bicyclic) bond motifs is 1. The van der Waals surface area contributed by atoms with Crippen LogP contribution in [0.3, 0.4) is 0 Å². The second kappa shape index (κ2) is 9.99. The van der Waals surface area contributed by atoms with E-state index in [2.05, 4.69) is 73.7 Å². The molecule has 1 aromatic heterocycles. The fraction of sp³-hybridized carbons (Fsp3) is 0.167. The first-order valence-corrected chi connectivity index (χ1v) is 13.2. The molecular weight excluding hydrogens is 501 g/mol. The van der Waals surface area contributed by atoms with E-state index in [0.29, 0.717) is 17.2 Å². The Bertz CT molecular complexity index is 1460. The van der Waals surface area contributed by atoms with Crippen molar-refractivity contribution in [1.82, 2.24) is 4.98 Å². The van der Waals surface area contributed by atoms with Gasteiger partial charge in [0.2, 0.25) is 0 Å². The molecule has 0 unspecified atom stereocenters. The van der Waals surface area contributed by atoms with E-state index in [0.717, 1.165) is 17.7 Å². The van der Waals surface area contributed by atoms with Crippen molar-refractivity contribution in [1.29, 1.82) is 0 Å². The predicted octanol–water partition coefficient (Wildman–Crippen LogP) is 6.55. The van der Waals surface area contributed by atoms with Crippen molar-refractivity contribution >= 4 is 25.3 Å². The van der Waals surface area contributed by atoms with Crippen molar-refractivity contribution in [3.8, 4) is 38.5 Å². The van der Waals surface area contributed by atoms with Gasteiger partial charge in [-0.15, -0.1) is 0 Å². The predicted molar refractivity (Wildman–Crippen MR) is 143 cm³/mol. The van der Waals surface area contributed by atoms with Crippen LogP contribution in [-0.2, 0) is 6.42 Å². The van der Waals surface area contributed by atoms with Gasteiger partial charge in [0.1, 0.15) is 0 Å². The van der Waals surface area contributed by atoms with Crippen LogP contribution in [0.25, 0.3) is 32.0 Å². The van der Waals surface area contributed by atoms with Gasteiger partial charge in [0.15, 0.2) is 0 Å². The molecule has 0 bridgehead atoms. The van der Waals surface area contributed by atoms with Gasteiger partial charge in [0.25, 0.3) is 0 Å². The summed E-state index contributed by atoms with van der Waals surface area (Å²) in [5, 5.41) is 2.46. The first-order valence-electron chi connectivity index (χ1n) is 11.4. The van der Waals surface area contributed by atoms with Crippen molar-refractivity contribution < 1.29 is 14.2 Å². The van der Waals surface area contributed by atoms with Crippen molar-refractivity contribution in [3.05, 3.63) is 94.6 Å². The molecule has 35 heavy (non-hydrogen) atoms. The van der Waals surface area contributed by atoms with Crippen LogP contribution in [-0.4, -0.2) is 40.8 Å². The van der Waals surface area contributed by atoms with Crippen molar-refractivity contribution in [2.45, 2.75) is 13.3 Å². The molecule has 5 aromatic rings. The zero-order valence-electron chi connectivity index (χ0n) is 20.3. The number of ether oxygens (including phenoxy) is 3. The molecule has 0 saturated heterocycles. The standard InChI is InChI=1S/C30H27NO3Se/c1-19-9-11-20(12-10-19)15-27-31-28(24-17-25(32-2)29(34-4)26(18-24)33-3)30(35-27)23-14-13-21-7-5-6-8-22(21)16-23/h5-14,16-18H,15H2,1-4H3. The van der Waals surface area contributed by atoms with E-state index < -0.39 is 0 Å². The van der Waals surface area contributed by atoms with Gasteiger partial charge in [-0.3, -0.25) is 0 Å². The molecule has 0 amide bonds. The molecule has 176 valence electrons. The quantitative estimate of drug-likeness (QED) is 0.225. The average Bonchev–Trinajstić information content (AvgIpc) is 3.32. The summed E-state index contributed by atoms with van der Waals surface area (Å²) in [6.07, 6.45) is 0.839. The van der Waals surface area contributed by atoms with Crippen molar-refractivity contribution in [2.24, 2.45) is 0 Å². The third kappa shape index (κ3) is 4.70. The summed E-state index contributed by atoms with van der Waals surface area (Å²) in [6, 6.07) is 27.8. The van der Waals surface area contributed by atoms with Crippen LogP contribution in [0.15, 0.2) is 78.9 Å². The molecule has 0 N–H and O–H groups in total. The number of hydrogen-bond donors (Lipinski definition) is 0. The molecular formula is C30H27NO3Se. The summed E-state index contributed by atoms with van der Waals surface area (Å²) in [6.45, 7) is 2.11. The molecule has 0 aliphatic carbocycles. The number of methoxy groups -OCH3 is 3. The van der Waals surface area contributed by atoms with E-state index in [9.17, 15) is 0 Å². The van der Waals surface area contributed by atoms with Crippen LogP contribution < -0.4 is 14.2 Å². The van der Waals surface area contributed by atoms with Gasteiger partial charge in [0, 0.05) is 0 Å². The third-order valence-electron chi connectivity index (χ3n) is 6.10. The number of aryl methyl sites for hydroxylation is 1. The summed E-state index contributed by atoms with van der Waals surface area (Å²) < 4.78 is 19.3. The molecule has 0 radical (unpaired) electrons. The van der Waals surface area contributed by atoms with Crippen LogP contribution in [0.5, 0.6) is 17.2 Å². The average molecular weight is 529 g/mol. The number of aromatic nitrogens is 1. The molecule has 0 atom stereocenters. The Labute approximate surface area is 211 Å². The Morgan fingerprint density at radius 1 is 0.714 bits per heavy atom. The Morgan fingerprint density at radius 3 is 2.06 bits per heavy atom. The minimum atomic E-state index is 0.0864. The van der Waals surface area contributed by atoms with Crippen LogP contribution in [0.2, 0.25) is 0 Å². The number of hydrogen-bond acceptors (Lipinski definition) is 4. The second-order valence-electron chi connectivity index (χ2n) is 8.42. The zero-order valence-corrected chi connectivity index (χ0v) is 22.0. The summed E-state index contributed by atoms with van der Waals surface area (Å²) >= 11 is 0.0864. The molecule has 0 fully saturated rings. The molecule has 0 aliphatic rings. The number of benzene rings is 4. The van der Waals surface area contributed by atoms with Crippen molar-refractivity contribution in [3.63, 3.8) is 0 Å². The van der Waals surface area contributed by atoms with E-state index in [4.69, 9.17) is 19.2 Å². The van der Waals surface area contributed by atoms with E-state index in [-0.39, 0.29) is 14.5 Å². The number of nitrogens with zero attached hydrogens (tertiary/aromatic N) is 1. The van der Waals surface area contributed by atoms with Gasteiger partial charge in [-0.05, 0) is 0 Å². The van der Waals surface area contributed by atoms with Crippen LogP contribution >= 0.6 is 0 Å². The molecule has 1 heterocycles. The van der Waals surface area contributed by atoms with Crippen LogP contribution in [0.1, 0.15) is 15.7 Å². The van der Waals surface area contributed by atoms with Crippen LogP contribution in [0, 0.1) is 6.92 Å². The second-order valence-corrected chi connectivity index (χ2v) is 10.7. The first kappa shape index (κ1) is 23.2. The minimum absolute atomic E-state index is 0.0864. The summed E-state index contributed by atoms with van der Waals surface area (Å²) in [7, 11) is 4.91. The molecule has 5 heteroatoms. The monoisotopic (exact) mass is 529 g/mol. The fourth-order valence-electron chi connectivity index (χ4n) is 4.26. The summed E-state index contributed by atoms with van der Waals surface area (Å²) in [4.78, 5) is 5.19. The van der Waals surface area contributed by atoms with Gasteiger partial charge in [-0.2, -0.15) is 0 Å². The zero-order chi connectivity index (χ0) is 24.4. The molecule has 0 aliphatic heterocycles. The molecule has 0 spiro atoms. The molecule has 5 rings (SSSR count). The van der Waals surface area contributed by atoms with Crippen molar-refractivity contribution in [2.75, 3.05) is 21.3 Å². The van der Waals surface area contributed by atoms with Crippen LogP contribution in [0.4, 0.5) is 0 Å². The van der Waals surface area contributed by atoms with Gasteiger partial charge in [0.05, 0.1) is 0 Å². The Kier molecular flexibility index (Phi) is 6.63. The maximum absolute atomic E-state index is 5.64. The van der Waals surface area contributed by atoms with E-state index in [1.807, 2.05) is 12.1 Å².